The zero-order chi connectivity index (χ0) is 14.9. The van der Waals surface area contributed by atoms with Gasteiger partial charge in [0.1, 0.15) is 0 Å². The fourth-order valence-electron chi connectivity index (χ4n) is 1.43. The molecule has 19 heavy (non-hydrogen) atoms. The minimum Gasteiger partial charge on any atom is -0.428 e. The van der Waals surface area contributed by atoms with E-state index < -0.39 is 5.79 Å². The first kappa shape index (κ1) is 18.9. The molecule has 0 unspecified atom stereocenters. The quantitative estimate of drug-likeness (QED) is 0.459. The maximum Gasteiger partial charge on any atom is 0.338 e. The SMILES string of the molecule is CCOC(BOC(C)(C)CCOC(C)(C)O)OCC. The molecule has 0 amide bonds. The third-order valence-electron chi connectivity index (χ3n) is 2.47. The first-order chi connectivity index (χ1) is 8.70. The van der Waals surface area contributed by atoms with Crippen LogP contribution in [0.15, 0.2) is 0 Å². The van der Waals surface area contributed by atoms with Gasteiger partial charge in [-0.3, -0.25) is 0 Å². The highest BCUT2D eigenvalue weighted by Gasteiger charge is 2.23. The van der Waals surface area contributed by atoms with Crippen LogP contribution in [0.1, 0.15) is 48.0 Å². The summed E-state index contributed by atoms with van der Waals surface area (Å²) in [7, 11) is 0.386. The molecule has 0 aliphatic rings. The molecular formula is C13H29BO5. The van der Waals surface area contributed by atoms with Crippen LogP contribution in [-0.2, 0) is 18.9 Å². The molecule has 0 spiro atoms. The summed E-state index contributed by atoms with van der Waals surface area (Å²) in [5.74, 6) is -1.10. The standard InChI is InChI=1S/C13H29BO5/c1-7-16-11(17-8-2)14-19-12(3,4)9-10-18-13(5,6)15/h11,14-15H,7-10H2,1-6H3. The van der Waals surface area contributed by atoms with E-state index in [1.165, 1.54) is 0 Å². The maximum absolute atomic E-state index is 9.47. The van der Waals surface area contributed by atoms with Crippen LogP contribution >= 0.6 is 0 Å². The van der Waals surface area contributed by atoms with Gasteiger partial charge in [0.25, 0.3) is 0 Å². The molecule has 0 heterocycles. The smallest absolute Gasteiger partial charge is 0.338 e. The van der Waals surface area contributed by atoms with Gasteiger partial charge in [0.15, 0.2) is 12.0 Å². The van der Waals surface area contributed by atoms with Crippen molar-refractivity contribution in [2.75, 3.05) is 19.8 Å². The van der Waals surface area contributed by atoms with Gasteiger partial charge < -0.3 is 24.0 Å². The molecule has 0 aromatic carbocycles. The van der Waals surface area contributed by atoms with Crippen molar-refractivity contribution in [3.05, 3.63) is 0 Å². The van der Waals surface area contributed by atoms with Crippen molar-refractivity contribution in [2.45, 2.75) is 65.5 Å². The average Bonchev–Trinajstić information content (AvgIpc) is 2.24. The van der Waals surface area contributed by atoms with Crippen LogP contribution in [-0.4, -0.2) is 50.0 Å². The molecule has 0 aromatic heterocycles. The van der Waals surface area contributed by atoms with Gasteiger partial charge >= 0.3 is 7.48 Å². The second-order valence-electron chi connectivity index (χ2n) is 5.46. The lowest BCUT2D eigenvalue weighted by Crippen LogP contribution is -2.36. The van der Waals surface area contributed by atoms with E-state index in [4.69, 9.17) is 18.9 Å². The molecule has 0 saturated carbocycles. The van der Waals surface area contributed by atoms with Crippen molar-refractivity contribution < 1.29 is 24.0 Å². The summed E-state index contributed by atoms with van der Waals surface area (Å²) >= 11 is 0. The van der Waals surface area contributed by atoms with Crippen LogP contribution in [0.3, 0.4) is 0 Å². The molecule has 0 radical (unpaired) electrons. The van der Waals surface area contributed by atoms with Crippen molar-refractivity contribution in [3.8, 4) is 0 Å². The van der Waals surface area contributed by atoms with Crippen molar-refractivity contribution in [2.24, 2.45) is 0 Å². The molecule has 0 fully saturated rings. The normalized spacial score (nSPS) is 13.1. The van der Waals surface area contributed by atoms with E-state index in [-0.39, 0.29) is 11.8 Å². The second-order valence-corrected chi connectivity index (χ2v) is 5.46. The largest absolute Gasteiger partial charge is 0.428 e. The van der Waals surface area contributed by atoms with E-state index in [1.807, 2.05) is 27.7 Å². The topological polar surface area (TPSA) is 57.2 Å². The minimum absolute atomic E-state index is 0.329. The predicted molar refractivity (Wildman–Crippen MR) is 76.2 cm³/mol. The third kappa shape index (κ3) is 11.4. The second kappa shape index (κ2) is 8.92. The molecule has 0 atom stereocenters. The number of ether oxygens (including phenoxy) is 3. The first-order valence-corrected chi connectivity index (χ1v) is 6.93. The molecule has 0 rings (SSSR count). The van der Waals surface area contributed by atoms with Crippen LogP contribution in [0.4, 0.5) is 0 Å². The van der Waals surface area contributed by atoms with E-state index in [2.05, 4.69) is 0 Å². The minimum atomic E-state index is -1.10. The zero-order valence-corrected chi connectivity index (χ0v) is 13.2. The Morgan fingerprint density at radius 2 is 1.58 bits per heavy atom. The number of hydrogen-bond donors (Lipinski definition) is 1. The van der Waals surface area contributed by atoms with Crippen LogP contribution in [0.5, 0.6) is 0 Å². The van der Waals surface area contributed by atoms with Crippen LogP contribution < -0.4 is 0 Å². The highest BCUT2D eigenvalue weighted by atomic mass is 16.7. The Hall–Kier alpha value is -0.135. The van der Waals surface area contributed by atoms with Gasteiger partial charge in [0, 0.05) is 18.8 Å². The molecule has 5 nitrogen and oxygen atoms in total. The van der Waals surface area contributed by atoms with E-state index in [0.29, 0.717) is 33.7 Å². The summed E-state index contributed by atoms with van der Waals surface area (Å²) in [5.41, 5.74) is -0.350. The Bertz CT molecular complexity index is 222. The van der Waals surface area contributed by atoms with Crippen molar-refractivity contribution in [1.29, 1.82) is 0 Å². The van der Waals surface area contributed by atoms with Gasteiger partial charge in [-0.25, -0.2) is 0 Å². The Morgan fingerprint density at radius 1 is 1.05 bits per heavy atom. The van der Waals surface area contributed by atoms with Gasteiger partial charge in [-0.1, -0.05) is 0 Å². The third-order valence-corrected chi connectivity index (χ3v) is 2.47. The van der Waals surface area contributed by atoms with Gasteiger partial charge in [0.05, 0.1) is 6.61 Å². The van der Waals surface area contributed by atoms with Crippen LogP contribution in [0.25, 0.3) is 0 Å². The Labute approximate surface area is 117 Å². The highest BCUT2D eigenvalue weighted by molar-refractivity contribution is 6.28. The summed E-state index contributed by atoms with van der Waals surface area (Å²) in [6.45, 7) is 12.7. The maximum atomic E-state index is 9.47. The number of hydrogen-bond acceptors (Lipinski definition) is 5. The molecule has 6 heteroatoms. The Morgan fingerprint density at radius 3 is 2.00 bits per heavy atom. The molecule has 114 valence electrons. The Balaban J connectivity index is 3.99. The molecule has 1 N–H and O–H groups in total. The van der Waals surface area contributed by atoms with E-state index >= 15 is 0 Å². The van der Waals surface area contributed by atoms with E-state index in [9.17, 15) is 5.11 Å². The molecule has 0 bridgehead atoms. The summed E-state index contributed by atoms with van der Waals surface area (Å²) in [6, 6.07) is 0. The van der Waals surface area contributed by atoms with E-state index in [0.717, 1.165) is 0 Å². The van der Waals surface area contributed by atoms with Gasteiger partial charge in [-0.05, 0) is 48.0 Å². The summed E-state index contributed by atoms with van der Waals surface area (Å²) < 4.78 is 21.9. The monoisotopic (exact) mass is 276 g/mol. The summed E-state index contributed by atoms with van der Waals surface area (Å²) in [4.78, 5) is 0. The molecule has 0 saturated heterocycles. The average molecular weight is 276 g/mol. The van der Waals surface area contributed by atoms with Crippen molar-refractivity contribution in [3.63, 3.8) is 0 Å². The lowest BCUT2D eigenvalue weighted by molar-refractivity contribution is -0.181. The highest BCUT2D eigenvalue weighted by Crippen LogP contribution is 2.16. The lowest BCUT2D eigenvalue weighted by atomic mass is 9.95. The van der Waals surface area contributed by atoms with E-state index in [1.54, 1.807) is 13.8 Å². The fraction of sp³-hybridized carbons (Fsp3) is 1.00. The molecule has 0 aromatic rings. The van der Waals surface area contributed by atoms with Gasteiger partial charge in [0.2, 0.25) is 0 Å². The molecule has 0 aliphatic carbocycles. The molecule has 0 aliphatic heterocycles. The predicted octanol–water partition coefficient (Wildman–Crippen LogP) is 1.62. The Kier molecular flexibility index (Phi) is 8.86. The first-order valence-electron chi connectivity index (χ1n) is 6.93. The number of rotatable bonds is 11. The van der Waals surface area contributed by atoms with Crippen LogP contribution in [0, 0.1) is 0 Å². The van der Waals surface area contributed by atoms with Crippen molar-refractivity contribution in [1.82, 2.24) is 0 Å². The van der Waals surface area contributed by atoms with Gasteiger partial charge in [-0.2, -0.15) is 0 Å². The zero-order valence-electron chi connectivity index (χ0n) is 13.2. The fourth-order valence-corrected chi connectivity index (χ4v) is 1.43. The lowest BCUT2D eigenvalue weighted by Gasteiger charge is -2.29. The summed E-state index contributed by atoms with van der Waals surface area (Å²) in [5, 5.41) is 9.47. The number of aliphatic hydroxyl groups is 1. The molecular weight excluding hydrogens is 247 g/mol. The van der Waals surface area contributed by atoms with Crippen molar-refractivity contribution >= 4 is 7.48 Å². The summed E-state index contributed by atoms with van der Waals surface area (Å²) in [6.07, 6.45) is 0.353. The van der Waals surface area contributed by atoms with Gasteiger partial charge in [-0.15, -0.1) is 0 Å². The van der Waals surface area contributed by atoms with Crippen LogP contribution in [0.2, 0.25) is 0 Å².